The molecule has 120 valence electrons. The second kappa shape index (κ2) is 6.55. The van der Waals surface area contributed by atoms with Gasteiger partial charge < -0.3 is 9.73 Å². The Labute approximate surface area is 144 Å². The number of halogens is 1. The Morgan fingerprint density at radius 2 is 1.92 bits per heavy atom. The van der Waals surface area contributed by atoms with E-state index >= 15 is 0 Å². The maximum atomic E-state index is 12.7. The minimum Gasteiger partial charge on any atom is -0.459 e. The molecular weight excluding hydrogens is 328 g/mol. The molecular formula is C17H13ClN4O2. The average molecular weight is 341 g/mol. The van der Waals surface area contributed by atoms with E-state index in [1.54, 1.807) is 30.6 Å². The maximum Gasteiger partial charge on any atom is 0.314 e. The molecule has 1 N–H and O–H groups in total. The Kier molecular flexibility index (Phi) is 4.31. The molecule has 0 radical (unpaired) electrons. The zero-order valence-corrected chi connectivity index (χ0v) is 13.2. The van der Waals surface area contributed by atoms with E-state index in [9.17, 15) is 4.79 Å². The minimum absolute atomic E-state index is 0. The van der Waals surface area contributed by atoms with Gasteiger partial charge in [0.1, 0.15) is 0 Å². The lowest BCUT2D eigenvalue weighted by molar-refractivity contribution is 0.0961. The van der Waals surface area contributed by atoms with Crippen molar-refractivity contribution in [3.63, 3.8) is 0 Å². The average Bonchev–Trinajstić information content (AvgIpc) is 3.15. The number of anilines is 2. The van der Waals surface area contributed by atoms with Crippen LogP contribution < -0.4 is 10.3 Å². The van der Waals surface area contributed by atoms with Crippen molar-refractivity contribution in [2.45, 2.75) is 0 Å². The summed E-state index contributed by atoms with van der Waals surface area (Å²) in [5, 5.41) is 8.99. The largest absolute Gasteiger partial charge is 0.459 e. The number of carbonyl (C=O) groups excluding carboxylic acids is 1. The Morgan fingerprint density at radius 3 is 2.67 bits per heavy atom. The molecule has 0 fully saturated rings. The summed E-state index contributed by atoms with van der Waals surface area (Å²) in [5.74, 6) is 0.467. The standard InChI is InChI=1S/C17H12N4O2.ClH/c22-17(15-7-4-10-23-15)21-14-8-9-18-11-13(14)19-16(20-21)12-5-2-1-3-6-12;/h1-11H,(H,19,20);1H. The van der Waals surface area contributed by atoms with Gasteiger partial charge >= 0.3 is 5.91 Å². The monoisotopic (exact) mass is 340 g/mol. The van der Waals surface area contributed by atoms with Crippen molar-refractivity contribution in [1.29, 1.82) is 0 Å². The fourth-order valence-electron chi connectivity index (χ4n) is 2.36. The summed E-state index contributed by atoms with van der Waals surface area (Å²) in [6, 6.07) is 14.6. The molecule has 1 aromatic carbocycles. The molecule has 0 aliphatic carbocycles. The van der Waals surface area contributed by atoms with E-state index in [-0.39, 0.29) is 24.1 Å². The van der Waals surface area contributed by atoms with Crippen LogP contribution in [0.5, 0.6) is 0 Å². The van der Waals surface area contributed by atoms with Gasteiger partial charge in [0.15, 0.2) is 11.6 Å². The number of aromatic nitrogens is 1. The van der Waals surface area contributed by atoms with Gasteiger partial charge in [-0.25, -0.2) is 0 Å². The van der Waals surface area contributed by atoms with Crippen molar-refractivity contribution in [3.05, 3.63) is 78.5 Å². The normalized spacial score (nSPS) is 12.5. The van der Waals surface area contributed by atoms with Crippen LogP contribution in [0, 0.1) is 0 Å². The number of hydrazone groups is 1. The molecule has 0 atom stereocenters. The lowest BCUT2D eigenvalue weighted by Crippen LogP contribution is -2.33. The molecule has 0 bridgehead atoms. The number of hydrogen-bond acceptors (Lipinski definition) is 5. The summed E-state index contributed by atoms with van der Waals surface area (Å²) in [6.07, 6.45) is 4.74. The number of carbonyl (C=O) groups is 1. The molecule has 24 heavy (non-hydrogen) atoms. The number of amidine groups is 1. The van der Waals surface area contributed by atoms with Gasteiger partial charge in [0, 0.05) is 11.8 Å². The molecule has 3 aromatic rings. The summed E-state index contributed by atoms with van der Waals surface area (Å²) in [6.45, 7) is 0. The van der Waals surface area contributed by atoms with Crippen LogP contribution in [-0.2, 0) is 0 Å². The number of hydrogen-bond donors (Lipinski definition) is 1. The van der Waals surface area contributed by atoms with E-state index in [1.807, 2.05) is 30.3 Å². The predicted octanol–water partition coefficient (Wildman–Crippen LogP) is 3.53. The lowest BCUT2D eigenvalue weighted by atomic mass is 10.2. The first kappa shape index (κ1) is 15.8. The summed E-state index contributed by atoms with van der Waals surface area (Å²) in [5.41, 5.74) is 2.21. The predicted molar refractivity (Wildman–Crippen MR) is 93.6 cm³/mol. The SMILES string of the molecule is Cl.O=C(c1ccco1)N1N=C(c2ccccc2)Nc2cnccc21. The molecule has 0 saturated heterocycles. The molecule has 7 heteroatoms. The Bertz CT molecular complexity index is 879. The highest BCUT2D eigenvalue weighted by Crippen LogP contribution is 2.30. The quantitative estimate of drug-likeness (QED) is 0.774. The second-order valence-electron chi connectivity index (χ2n) is 4.93. The Morgan fingerprint density at radius 1 is 1.08 bits per heavy atom. The van der Waals surface area contributed by atoms with Crippen LogP contribution in [0.4, 0.5) is 11.4 Å². The van der Waals surface area contributed by atoms with Gasteiger partial charge in [-0.15, -0.1) is 17.5 Å². The van der Waals surface area contributed by atoms with Gasteiger partial charge in [-0.3, -0.25) is 9.78 Å². The van der Waals surface area contributed by atoms with Gasteiger partial charge in [0.25, 0.3) is 0 Å². The summed E-state index contributed by atoms with van der Waals surface area (Å²) in [4.78, 5) is 16.8. The number of nitrogens with zero attached hydrogens (tertiary/aromatic N) is 3. The highest BCUT2D eigenvalue weighted by molar-refractivity contribution is 6.16. The molecule has 0 spiro atoms. The van der Waals surface area contributed by atoms with Crippen molar-refractivity contribution in [2.75, 3.05) is 10.3 Å². The van der Waals surface area contributed by atoms with Crippen LogP contribution in [0.25, 0.3) is 0 Å². The van der Waals surface area contributed by atoms with Gasteiger partial charge in [0.05, 0.1) is 23.8 Å². The molecule has 0 unspecified atom stereocenters. The van der Waals surface area contributed by atoms with Crippen LogP contribution in [-0.4, -0.2) is 16.7 Å². The number of amides is 1. The van der Waals surface area contributed by atoms with E-state index in [0.29, 0.717) is 17.2 Å². The third kappa shape index (κ3) is 2.75. The van der Waals surface area contributed by atoms with Crippen molar-refractivity contribution in [1.82, 2.24) is 4.98 Å². The molecule has 0 saturated carbocycles. The number of pyridine rings is 1. The van der Waals surface area contributed by atoms with E-state index in [2.05, 4.69) is 15.4 Å². The van der Waals surface area contributed by atoms with Gasteiger partial charge in [-0.05, 0) is 18.2 Å². The molecule has 2 aromatic heterocycles. The summed E-state index contributed by atoms with van der Waals surface area (Å²) >= 11 is 0. The van der Waals surface area contributed by atoms with Crippen LogP contribution in [0.1, 0.15) is 16.1 Å². The van der Waals surface area contributed by atoms with Crippen LogP contribution in [0.15, 0.2) is 76.7 Å². The third-order valence-electron chi connectivity index (χ3n) is 3.45. The van der Waals surface area contributed by atoms with Gasteiger partial charge in [0.2, 0.25) is 0 Å². The summed E-state index contributed by atoms with van der Waals surface area (Å²) < 4.78 is 5.21. The number of rotatable bonds is 2. The fraction of sp³-hybridized carbons (Fsp3) is 0. The zero-order valence-electron chi connectivity index (χ0n) is 12.4. The highest BCUT2D eigenvalue weighted by atomic mass is 35.5. The van der Waals surface area contributed by atoms with Crippen molar-refractivity contribution in [3.8, 4) is 0 Å². The molecule has 1 amide bonds. The van der Waals surface area contributed by atoms with Gasteiger partial charge in [-0.2, -0.15) is 5.01 Å². The second-order valence-corrected chi connectivity index (χ2v) is 4.93. The number of benzene rings is 1. The summed E-state index contributed by atoms with van der Waals surface area (Å²) in [7, 11) is 0. The first-order valence-electron chi connectivity index (χ1n) is 7.06. The number of nitrogens with one attached hydrogen (secondary N) is 1. The smallest absolute Gasteiger partial charge is 0.314 e. The van der Waals surface area contributed by atoms with E-state index < -0.39 is 0 Å². The molecule has 1 aliphatic heterocycles. The highest BCUT2D eigenvalue weighted by Gasteiger charge is 2.27. The third-order valence-corrected chi connectivity index (χ3v) is 3.45. The van der Waals surface area contributed by atoms with E-state index in [1.165, 1.54) is 11.3 Å². The maximum absolute atomic E-state index is 12.7. The zero-order chi connectivity index (χ0) is 15.6. The first-order chi connectivity index (χ1) is 11.3. The van der Waals surface area contributed by atoms with Crippen LogP contribution in [0.2, 0.25) is 0 Å². The van der Waals surface area contributed by atoms with Gasteiger partial charge in [-0.1, -0.05) is 30.3 Å². The van der Waals surface area contributed by atoms with E-state index in [4.69, 9.17) is 4.42 Å². The minimum atomic E-state index is -0.336. The van der Waals surface area contributed by atoms with Crippen molar-refractivity contribution in [2.24, 2.45) is 5.10 Å². The molecule has 4 rings (SSSR count). The Balaban J connectivity index is 0.00000169. The van der Waals surface area contributed by atoms with Crippen LogP contribution in [0.3, 0.4) is 0 Å². The number of furan rings is 1. The van der Waals surface area contributed by atoms with E-state index in [0.717, 1.165) is 5.56 Å². The Hall–Kier alpha value is -3.12. The molecule has 3 heterocycles. The molecule has 6 nitrogen and oxygen atoms in total. The number of fused-ring (bicyclic) bond motifs is 1. The topological polar surface area (TPSA) is 70.7 Å². The molecule has 1 aliphatic rings. The fourth-order valence-corrected chi connectivity index (χ4v) is 2.36. The lowest BCUT2D eigenvalue weighted by Gasteiger charge is -2.26. The van der Waals surface area contributed by atoms with Crippen LogP contribution >= 0.6 is 12.4 Å². The van der Waals surface area contributed by atoms with Crippen molar-refractivity contribution < 1.29 is 9.21 Å². The first-order valence-corrected chi connectivity index (χ1v) is 7.06. The van der Waals surface area contributed by atoms with Crippen molar-refractivity contribution >= 4 is 35.5 Å².